The van der Waals surface area contributed by atoms with Gasteiger partial charge in [-0.15, -0.1) is 0 Å². The Bertz CT molecular complexity index is 1650. The lowest BCUT2D eigenvalue weighted by Crippen LogP contribution is -2.24. The smallest absolute Gasteiger partial charge is 0.294 e. The fraction of sp³-hybridized carbons (Fsp3) is 0.486. The van der Waals surface area contributed by atoms with Crippen molar-refractivity contribution in [2.45, 2.75) is 99.4 Å². The van der Waals surface area contributed by atoms with Gasteiger partial charge in [-0.05, 0) is 98.6 Å². The van der Waals surface area contributed by atoms with Crippen molar-refractivity contribution in [2.24, 2.45) is 20.0 Å². The van der Waals surface area contributed by atoms with E-state index in [9.17, 15) is 21.7 Å². The molecule has 4 aromatic rings. The molecule has 0 spiro atoms. The lowest BCUT2D eigenvalue weighted by Gasteiger charge is -2.25. The SMILES string of the molecule is CC(CCCC(CCn1cc[n+](C)c1)CC(CCCC(C)n1cc[n+](C)c1)c1ccc(S(=O)O)cc1)c1ccc(S(=O)(=O)O)cc1. The lowest BCUT2D eigenvalue weighted by atomic mass is 9.81. The second-order valence-corrected chi connectivity index (χ2v) is 15.3. The molecule has 5 unspecified atom stereocenters. The number of rotatable bonds is 18. The Morgan fingerprint density at radius 3 is 2.02 bits per heavy atom. The summed E-state index contributed by atoms with van der Waals surface area (Å²) in [6.45, 7) is 5.37. The molecular formula is C35H50N4O5S2+2. The number of hydrogen-bond acceptors (Lipinski definition) is 3. The van der Waals surface area contributed by atoms with Gasteiger partial charge in [0.2, 0.25) is 12.7 Å². The molecule has 11 heteroatoms. The summed E-state index contributed by atoms with van der Waals surface area (Å²) >= 11 is -2.00. The second-order valence-electron chi connectivity index (χ2n) is 12.9. The van der Waals surface area contributed by atoms with Crippen LogP contribution in [0.3, 0.4) is 0 Å². The Kier molecular flexibility index (Phi) is 12.9. The van der Waals surface area contributed by atoms with Crippen LogP contribution in [0, 0.1) is 5.92 Å². The van der Waals surface area contributed by atoms with Crippen LogP contribution in [0.5, 0.6) is 0 Å². The first-order chi connectivity index (χ1) is 21.9. The predicted octanol–water partition coefficient (Wildman–Crippen LogP) is 6.35. The number of nitrogens with zero attached hydrogens (tertiary/aromatic N) is 4. The molecule has 0 saturated heterocycles. The standard InChI is InChI=1S/C35H48N4O5S2/c1-28(31-13-17-35(18-14-31)46(42,43)44)7-5-9-30(19-20-38-23-21-36(3)26-38)25-33(32-11-15-34(16-12-32)45(40)41)10-6-8-29(2)39-24-22-37(4)27-39/h11-18,21-24,26-30,33H,5-10,19-20,25H2,1-4H3/p+2. The van der Waals surface area contributed by atoms with Gasteiger partial charge in [-0.3, -0.25) is 4.55 Å². The Balaban J connectivity index is 1.45. The highest BCUT2D eigenvalue weighted by molar-refractivity contribution is 7.85. The van der Waals surface area contributed by atoms with Crippen LogP contribution in [-0.4, -0.2) is 30.9 Å². The highest BCUT2D eigenvalue weighted by atomic mass is 32.2. The Morgan fingerprint density at radius 2 is 1.43 bits per heavy atom. The molecule has 2 aromatic heterocycles. The van der Waals surface area contributed by atoms with E-state index in [2.05, 4.69) is 69.6 Å². The van der Waals surface area contributed by atoms with Crippen molar-refractivity contribution in [1.82, 2.24) is 9.13 Å². The molecule has 0 aliphatic heterocycles. The summed E-state index contributed by atoms with van der Waals surface area (Å²) in [4.78, 5) is 0.343. The first-order valence-electron chi connectivity index (χ1n) is 16.2. The van der Waals surface area contributed by atoms with Crippen LogP contribution in [0.4, 0.5) is 0 Å². The molecule has 250 valence electrons. The van der Waals surface area contributed by atoms with Gasteiger partial charge in [-0.2, -0.15) is 8.42 Å². The van der Waals surface area contributed by atoms with Crippen molar-refractivity contribution in [2.75, 3.05) is 0 Å². The third-order valence-corrected chi connectivity index (χ3v) is 10.8. The van der Waals surface area contributed by atoms with Crippen molar-refractivity contribution in [3.05, 3.63) is 97.1 Å². The highest BCUT2D eigenvalue weighted by Crippen LogP contribution is 2.35. The quantitative estimate of drug-likeness (QED) is 0.0729. The number of aryl methyl sites for hydroxylation is 3. The average molecular weight is 671 g/mol. The lowest BCUT2D eigenvalue weighted by molar-refractivity contribution is -0.671. The van der Waals surface area contributed by atoms with Gasteiger partial charge < -0.3 is 4.55 Å². The maximum atomic E-state index is 11.7. The molecule has 0 fully saturated rings. The number of hydrogen-bond donors (Lipinski definition) is 2. The molecule has 2 N–H and O–H groups in total. The van der Waals surface area contributed by atoms with E-state index in [1.54, 1.807) is 24.3 Å². The zero-order chi connectivity index (χ0) is 33.3. The van der Waals surface area contributed by atoms with Crippen LogP contribution in [0.15, 0.2) is 95.8 Å². The van der Waals surface area contributed by atoms with E-state index < -0.39 is 21.2 Å². The fourth-order valence-corrected chi connectivity index (χ4v) is 7.26. The van der Waals surface area contributed by atoms with Gasteiger partial charge in [0.15, 0.2) is 11.1 Å². The maximum Gasteiger partial charge on any atom is 0.294 e. The van der Waals surface area contributed by atoms with Gasteiger partial charge in [-0.1, -0.05) is 44.0 Å². The number of imidazole rings is 2. The maximum absolute atomic E-state index is 11.7. The molecule has 46 heavy (non-hydrogen) atoms. The minimum atomic E-state index is -4.20. The van der Waals surface area contributed by atoms with E-state index in [-0.39, 0.29) is 10.8 Å². The highest BCUT2D eigenvalue weighted by Gasteiger charge is 2.22. The minimum absolute atomic E-state index is 0.0806. The van der Waals surface area contributed by atoms with Crippen molar-refractivity contribution in [3.63, 3.8) is 0 Å². The van der Waals surface area contributed by atoms with Gasteiger partial charge in [0.1, 0.15) is 24.8 Å². The summed E-state index contributed by atoms with van der Waals surface area (Å²) in [6, 6.07) is 14.6. The molecule has 0 radical (unpaired) electrons. The van der Waals surface area contributed by atoms with Gasteiger partial charge in [-0.25, -0.2) is 22.5 Å². The Hall–Kier alpha value is -3.12. The molecule has 0 aliphatic rings. The van der Waals surface area contributed by atoms with Gasteiger partial charge in [0.25, 0.3) is 10.1 Å². The molecule has 0 saturated carbocycles. The normalized spacial score (nSPS) is 15.3. The molecule has 2 aromatic carbocycles. The van der Waals surface area contributed by atoms with Gasteiger partial charge in [0.05, 0.1) is 36.5 Å². The summed E-state index contributed by atoms with van der Waals surface area (Å²) in [5.41, 5.74) is 2.28. The van der Waals surface area contributed by atoms with E-state index in [0.29, 0.717) is 22.8 Å². The molecule has 4 rings (SSSR count). The van der Waals surface area contributed by atoms with Crippen molar-refractivity contribution < 1.29 is 30.9 Å². The average Bonchev–Trinajstić information content (AvgIpc) is 3.66. The van der Waals surface area contributed by atoms with Crippen LogP contribution >= 0.6 is 0 Å². The van der Waals surface area contributed by atoms with Crippen molar-refractivity contribution >= 4 is 21.2 Å². The first kappa shape index (κ1) is 35.7. The number of aromatic nitrogens is 4. The molecule has 2 heterocycles. The third-order valence-electron chi connectivity index (χ3n) is 9.26. The zero-order valence-electron chi connectivity index (χ0n) is 27.5. The minimum Gasteiger partial charge on any atom is -0.302 e. The van der Waals surface area contributed by atoms with Crippen LogP contribution in [-0.2, 0) is 41.8 Å². The monoisotopic (exact) mass is 670 g/mol. The van der Waals surface area contributed by atoms with Crippen LogP contribution < -0.4 is 9.13 Å². The summed E-state index contributed by atoms with van der Waals surface area (Å²) in [5, 5.41) is 0. The van der Waals surface area contributed by atoms with Gasteiger partial charge in [0, 0.05) is 0 Å². The van der Waals surface area contributed by atoms with E-state index >= 15 is 0 Å². The van der Waals surface area contributed by atoms with Crippen molar-refractivity contribution in [1.29, 1.82) is 0 Å². The van der Waals surface area contributed by atoms with Crippen molar-refractivity contribution in [3.8, 4) is 0 Å². The van der Waals surface area contributed by atoms with E-state index in [0.717, 1.165) is 63.5 Å². The first-order valence-corrected chi connectivity index (χ1v) is 18.8. The third kappa shape index (κ3) is 10.7. The topological polar surface area (TPSA) is 109 Å². The molecular weight excluding hydrogens is 621 g/mol. The van der Waals surface area contributed by atoms with E-state index in [1.165, 1.54) is 17.7 Å². The zero-order valence-corrected chi connectivity index (χ0v) is 29.1. The second kappa shape index (κ2) is 16.6. The molecule has 9 nitrogen and oxygen atoms in total. The van der Waals surface area contributed by atoms with Crippen LogP contribution in [0.1, 0.15) is 94.2 Å². The fourth-order valence-electron chi connectivity index (χ4n) is 6.41. The van der Waals surface area contributed by atoms with Crippen LogP contribution in [0.2, 0.25) is 0 Å². The summed E-state index contributed by atoms with van der Waals surface area (Å²) in [6.07, 6.45) is 21.0. The van der Waals surface area contributed by atoms with E-state index in [1.807, 2.05) is 26.2 Å². The predicted molar refractivity (Wildman–Crippen MR) is 179 cm³/mol. The molecule has 5 atom stereocenters. The Morgan fingerprint density at radius 1 is 0.804 bits per heavy atom. The van der Waals surface area contributed by atoms with Crippen LogP contribution in [0.25, 0.3) is 0 Å². The summed E-state index contributed by atoms with van der Waals surface area (Å²) in [7, 11) is -0.129. The molecule has 0 aliphatic carbocycles. The Labute approximate surface area is 277 Å². The van der Waals surface area contributed by atoms with E-state index in [4.69, 9.17) is 0 Å². The van der Waals surface area contributed by atoms with Gasteiger partial charge >= 0.3 is 0 Å². The largest absolute Gasteiger partial charge is 0.302 e. The number of benzene rings is 2. The summed E-state index contributed by atoms with van der Waals surface area (Å²) in [5.74, 6) is 1.09. The molecule has 0 amide bonds. The summed E-state index contributed by atoms with van der Waals surface area (Å²) < 4.78 is 62.1. The molecule has 0 bridgehead atoms.